The molecule has 2 heteroatoms. The second kappa shape index (κ2) is 5.88. The Morgan fingerprint density at radius 2 is 1.78 bits per heavy atom. The Balaban J connectivity index is 2.16. The van der Waals surface area contributed by atoms with Crippen LogP contribution in [0, 0.1) is 11.3 Å². The molecule has 0 fully saturated rings. The molecule has 0 N–H and O–H groups in total. The summed E-state index contributed by atoms with van der Waals surface area (Å²) < 4.78 is 5.40. The molecule has 0 heterocycles. The van der Waals surface area contributed by atoms with E-state index in [1.54, 1.807) is 0 Å². The number of hydrogen-bond acceptors (Lipinski definition) is 2. The van der Waals surface area contributed by atoms with Crippen molar-refractivity contribution < 1.29 is 4.74 Å². The average molecular weight is 237 g/mol. The van der Waals surface area contributed by atoms with E-state index in [1.807, 2.05) is 55.5 Å². The van der Waals surface area contributed by atoms with Crippen molar-refractivity contribution in [3.8, 4) is 11.8 Å². The maximum Gasteiger partial charge on any atom is 0.119 e. The highest BCUT2D eigenvalue weighted by Gasteiger charge is 2.02. The first-order chi connectivity index (χ1) is 8.83. The molecule has 0 spiro atoms. The van der Waals surface area contributed by atoms with Crippen molar-refractivity contribution >= 4 is 0 Å². The molecule has 0 aliphatic rings. The van der Waals surface area contributed by atoms with Crippen molar-refractivity contribution in [1.29, 1.82) is 5.26 Å². The molecule has 18 heavy (non-hydrogen) atoms. The summed E-state index contributed by atoms with van der Waals surface area (Å²) in [7, 11) is 0. The number of nitrogens with zero attached hydrogens (tertiary/aromatic N) is 1. The van der Waals surface area contributed by atoms with Crippen LogP contribution in [0.5, 0.6) is 5.75 Å². The van der Waals surface area contributed by atoms with Crippen LogP contribution in [0.1, 0.15) is 23.6 Å². The first-order valence-corrected chi connectivity index (χ1v) is 6.03. The lowest BCUT2D eigenvalue weighted by Gasteiger charge is -2.06. The van der Waals surface area contributed by atoms with Gasteiger partial charge in [-0.1, -0.05) is 30.3 Å². The molecular formula is C16H15NO. The summed E-state index contributed by atoms with van der Waals surface area (Å²) in [5, 5.41) is 9.04. The second-order valence-electron chi connectivity index (χ2n) is 4.02. The predicted octanol–water partition coefficient (Wildman–Crippen LogP) is 3.55. The van der Waals surface area contributed by atoms with E-state index in [1.165, 1.54) is 5.56 Å². The second-order valence-corrected chi connectivity index (χ2v) is 4.02. The van der Waals surface area contributed by atoms with Crippen LogP contribution in [0.4, 0.5) is 0 Å². The Hall–Kier alpha value is -2.27. The van der Waals surface area contributed by atoms with E-state index in [2.05, 4.69) is 6.07 Å². The molecule has 2 aromatic carbocycles. The molecule has 2 rings (SSSR count). The van der Waals surface area contributed by atoms with Gasteiger partial charge in [-0.3, -0.25) is 0 Å². The molecule has 0 saturated carbocycles. The Kier molecular flexibility index (Phi) is 3.98. The van der Waals surface area contributed by atoms with Gasteiger partial charge in [0, 0.05) is 0 Å². The standard InChI is InChI=1S/C16H15NO/c1-2-18-16-9-7-13(8-10-16)11-14-5-3-4-6-15(14)12-17/h3-10H,2,11H2,1H3. The van der Waals surface area contributed by atoms with E-state index < -0.39 is 0 Å². The zero-order valence-corrected chi connectivity index (χ0v) is 10.4. The molecule has 0 saturated heterocycles. The van der Waals surface area contributed by atoms with Crippen molar-refractivity contribution in [2.45, 2.75) is 13.3 Å². The third kappa shape index (κ3) is 2.89. The van der Waals surface area contributed by atoms with Crippen molar-refractivity contribution in [2.75, 3.05) is 6.61 Å². The fourth-order valence-corrected chi connectivity index (χ4v) is 1.87. The highest BCUT2D eigenvalue weighted by molar-refractivity contribution is 5.41. The van der Waals surface area contributed by atoms with E-state index in [0.29, 0.717) is 6.61 Å². The topological polar surface area (TPSA) is 33.0 Å². The van der Waals surface area contributed by atoms with Gasteiger partial charge in [-0.05, 0) is 42.7 Å². The first kappa shape index (κ1) is 12.2. The molecule has 0 atom stereocenters. The number of hydrogen-bond donors (Lipinski definition) is 0. The predicted molar refractivity (Wildman–Crippen MR) is 71.6 cm³/mol. The van der Waals surface area contributed by atoms with Gasteiger partial charge < -0.3 is 4.74 Å². The van der Waals surface area contributed by atoms with Crippen LogP contribution in [0.2, 0.25) is 0 Å². The Morgan fingerprint density at radius 1 is 1.06 bits per heavy atom. The minimum absolute atomic E-state index is 0.677. The SMILES string of the molecule is CCOc1ccc(Cc2ccccc2C#N)cc1. The van der Waals surface area contributed by atoms with Crippen LogP contribution in [-0.4, -0.2) is 6.61 Å². The van der Waals surface area contributed by atoms with Gasteiger partial charge in [0.05, 0.1) is 18.2 Å². The third-order valence-electron chi connectivity index (χ3n) is 2.77. The minimum Gasteiger partial charge on any atom is -0.494 e. The van der Waals surface area contributed by atoms with Crippen LogP contribution in [0.15, 0.2) is 48.5 Å². The van der Waals surface area contributed by atoms with E-state index in [9.17, 15) is 0 Å². The molecule has 0 radical (unpaired) electrons. The number of rotatable bonds is 4. The molecule has 0 aliphatic carbocycles. The van der Waals surface area contributed by atoms with Gasteiger partial charge in [0.25, 0.3) is 0 Å². The van der Waals surface area contributed by atoms with Gasteiger partial charge >= 0.3 is 0 Å². The van der Waals surface area contributed by atoms with Gasteiger partial charge in [-0.2, -0.15) is 5.26 Å². The van der Waals surface area contributed by atoms with Gasteiger partial charge in [-0.15, -0.1) is 0 Å². The average Bonchev–Trinajstić information content (AvgIpc) is 2.42. The fourth-order valence-electron chi connectivity index (χ4n) is 1.87. The summed E-state index contributed by atoms with van der Waals surface area (Å²) in [6.45, 7) is 2.65. The molecular weight excluding hydrogens is 222 g/mol. The monoisotopic (exact) mass is 237 g/mol. The zero-order chi connectivity index (χ0) is 12.8. The summed E-state index contributed by atoms with van der Waals surface area (Å²) in [6, 6.07) is 17.9. The normalized spacial score (nSPS) is 9.78. The fraction of sp³-hybridized carbons (Fsp3) is 0.188. The first-order valence-electron chi connectivity index (χ1n) is 6.03. The summed E-state index contributed by atoms with van der Waals surface area (Å²) in [4.78, 5) is 0. The quantitative estimate of drug-likeness (QED) is 0.814. The van der Waals surface area contributed by atoms with E-state index >= 15 is 0 Å². The molecule has 0 aromatic heterocycles. The van der Waals surface area contributed by atoms with Crippen molar-refractivity contribution in [1.82, 2.24) is 0 Å². The lowest BCUT2D eigenvalue weighted by atomic mass is 10.0. The lowest BCUT2D eigenvalue weighted by molar-refractivity contribution is 0.340. The third-order valence-corrected chi connectivity index (χ3v) is 2.77. The smallest absolute Gasteiger partial charge is 0.119 e. The Labute approximate surface area is 107 Å². The molecule has 2 nitrogen and oxygen atoms in total. The number of benzene rings is 2. The van der Waals surface area contributed by atoms with Crippen molar-refractivity contribution in [3.05, 3.63) is 65.2 Å². The van der Waals surface area contributed by atoms with Crippen LogP contribution in [0.3, 0.4) is 0 Å². The summed E-state index contributed by atoms with van der Waals surface area (Å²) in [5.74, 6) is 0.884. The zero-order valence-electron chi connectivity index (χ0n) is 10.4. The van der Waals surface area contributed by atoms with Gasteiger partial charge in [0.1, 0.15) is 5.75 Å². The molecule has 0 unspecified atom stereocenters. The maximum atomic E-state index is 9.04. The van der Waals surface area contributed by atoms with Gasteiger partial charge in [0.15, 0.2) is 0 Å². The Bertz CT molecular complexity index is 552. The van der Waals surface area contributed by atoms with Crippen molar-refractivity contribution in [3.63, 3.8) is 0 Å². The van der Waals surface area contributed by atoms with Crippen LogP contribution < -0.4 is 4.74 Å². The van der Waals surface area contributed by atoms with Gasteiger partial charge in [-0.25, -0.2) is 0 Å². The Morgan fingerprint density at radius 3 is 2.44 bits per heavy atom. The molecule has 0 amide bonds. The molecule has 0 aliphatic heterocycles. The highest BCUT2D eigenvalue weighted by atomic mass is 16.5. The van der Waals surface area contributed by atoms with Crippen LogP contribution in [0.25, 0.3) is 0 Å². The van der Waals surface area contributed by atoms with E-state index in [-0.39, 0.29) is 0 Å². The lowest BCUT2D eigenvalue weighted by Crippen LogP contribution is -1.94. The minimum atomic E-state index is 0.677. The van der Waals surface area contributed by atoms with E-state index in [0.717, 1.165) is 23.3 Å². The number of ether oxygens (including phenoxy) is 1. The summed E-state index contributed by atoms with van der Waals surface area (Å²) in [5.41, 5.74) is 2.98. The largest absolute Gasteiger partial charge is 0.494 e. The van der Waals surface area contributed by atoms with Gasteiger partial charge in [0.2, 0.25) is 0 Å². The van der Waals surface area contributed by atoms with E-state index in [4.69, 9.17) is 10.00 Å². The highest BCUT2D eigenvalue weighted by Crippen LogP contribution is 2.17. The number of nitriles is 1. The maximum absolute atomic E-state index is 9.04. The molecule has 2 aromatic rings. The van der Waals surface area contributed by atoms with Crippen LogP contribution in [-0.2, 0) is 6.42 Å². The summed E-state index contributed by atoms with van der Waals surface area (Å²) in [6.07, 6.45) is 0.774. The van der Waals surface area contributed by atoms with Crippen LogP contribution >= 0.6 is 0 Å². The summed E-state index contributed by atoms with van der Waals surface area (Å²) >= 11 is 0. The molecule has 90 valence electrons. The van der Waals surface area contributed by atoms with Crippen molar-refractivity contribution in [2.24, 2.45) is 0 Å². The molecule has 0 bridgehead atoms.